The van der Waals surface area contributed by atoms with Crippen molar-refractivity contribution in [2.75, 3.05) is 26.7 Å². The van der Waals surface area contributed by atoms with E-state index in [4.69, 9.17) is 18.0 Å². The molecule has 0 bridgehead atoms. The molecule has 0 aromatic rings. The second-order valence-corrected chi connectivity index (χ2v) is 5.33. The first-order valence-corrected chi connectivity index (χ1v) is 6.66. The fourth-order valence-corrected chi connectivity index (χ4v) is 2.66. The van der Waals surface area contributed by atoms with Crippen LogP contribution in [0.25, 0.3) is 0 Å². The van der Waals surface area contributed by atoms with Crippen LogP contribution < -0.4 is 5.73 Å². The maximum absolute atomic E-state index is 12.4. The molecular formula is C12H23N3OS. The standard InChI is InChI=1S/C12H23N3OS/c1-4-10(11(13)17)12(16)15-7-5-6-14(3)8-9(15)2/h9-10H,4-8H2,1-3H3,(H2,13,17). The van der Waals surface area contributed by atoms with Gasteiger partial charge >= 0.3 is 0 Å². The number of hydrogen-bond acceptors (Lipinski definition) is 3. The molecule has 1 rings (SSSR count). The average molecular weight is 257 g/mol. The lowest BCUT2D eigenvalue weighted by Gasteiger charge is -2.31. The van der Waals surface area contributed by atoms with Crippen LogP contribution in [0.1, 0.15) is 26.7 Å². The SMILES string of the molecule is CCC(C(=O)N1CCCN(C)CC1C)C(N)=S. The Balaban J connectivity index is 2.75. The van der Waals surface area contributed by atoms with E-state index in [2.05, 4.69) is 18.9 Å². The van der Waals surface area contributed by atoms with Crippen molar-refractivity contribution in [2.24, 2.45) is 11.7 Å². The van der Waals surface area contributed by atoms with Gasteiger partial charge in [0.05, 0.1) is 10.9 Å². The zero-order valence-corrected chi connectivity index (χ0v) is 11.8. The van der Waals surface area contributed by atoms with Crippen LogP contribution in [0.15, 0.2) is 0 Å². The Labute approximate surface area is 109 Å². The number of thiocarbonyl (C=S) groups is 1. The molecule has 0 radical (unpaired) electrons. The second kappa shape index (κ2) is 6.31. The van der Waals surface area contributed by atoms with E-state index in [0.717, 1.165) is 26.1 Å². The zero-order valence-electron chi connectivity index (χ0n) is 11.0. The molecule has 17 heavy (non-hydrogen) atoms. The van der Waals surface area contributed by atoms with Gasteiger partial charge in [-0.15, -0.1) is 0 Å². The van der Waals surface area contributed by atoms with Crippen LogP contribution in [-0.2, 0) is 4.79 Å². The summed E-state index contributed by atoms with van der Waals surface area (Å²) < 4.78 is 0. The Hall–Kier alpha value is -0.680. The minimum atomic E-state index is -0.296. The van der Waals surface area contributed by atoms with Crippen molar-refractivity contribution in [1.82, 2.24) is 9.80 Å². The highest BCUT2D eigenvalue weighted by Crippen LogP contribution is 2.15. The highest BCUT2D eigenvalue weighted by Gasteiger charge is 2.29. The lowest BCUT2D eigenvalue weighted by atomic mass is 10.0. The molecule has 1 amide bonds. The minimum Gasteiger partial charge on any atom is -0.393 e. The van der Waals surface area contributed by atoms with Gasteiger partial charge in [-0.05, 0) is 33.4 Å². The van der Waals surface area contributed by atoms with Crippen molar-refractivity contribution in [3.8, 4) is 0 Å². The Bertz CT molecular complexity index is 295. The normalized spacial score (nSPS) is 24.2. The molecular weight excluding hydrogens is 234 g/mol. The third-order valence-corrected chi connectivity index (χ3v) is 3.66. The van der Waals surface area contributed by atoms with E-state index in [1.165, 1.54) is 0 Å². The van der Waals surface area contributed by atoms with Gasteiger partial charge in [-0.25, -0.2) is 0 Å². The zero-order chi connectivity index (χ0) is 13.0. The second-order valence-electron chi connectivity index (χ2n) is 4.86. The van der Waals surface area contributed by atoms with Gasteiger partial charge in [0.2, 0.25) is 5.91 Å². The van der Waals surface area contributed by atoms with Crippen LogP contribution in [0.3, 0.4) is 0 Å². The van der Waals surface area contributed by atoms with E-state index >= 15 is 0 Å². The molecule has 98 valence electrons. The summed E-state index contributed by atoms with van der Waals surface area (Å²) in [4.78, 5) is 16.9. The first-order chi connectivity index (χ1) is 7.97. The number of hydrogen-bond donors (Lipinski definition) is 1. The summed E-state index contributed by atoms with van der Waals surface area (Å²) >= 11 is 4.98. The molecule has 2 N–H and O–H groups in total. The average Bonchev–Trinajstić information content (AvgIpc) is 2.39. The number of amides is 1. The van der Waals surface area contributed by atoms with Gasteiger partial charge in [-0.2, -0.15) is 0 Å². The Morgan fingerprint density at radius 1 is 1.53 bits per heavy atom. The van der Waals surface area contributed by atoms with E-state index in [9.17, 15) is 4.79 Å². The maximum atomic E-state index is 12.4. The van der Waals surface area contributed by atoms with Crippen LogP contribution in [-0.4, -0.2) is 53.4 Å². The van der Waals surface area contributed by atoms with E-state index in [0.29, 0.717) is 11.4 Å². The molecule has 0 spiro atoms. The molecule has 1 heterocycles. The number of carbonyl (C=O) groups excluding carboxylic acids is 1. The first kappa shape index (κ1) is 14.4. The fourth-order valence-electron chi connectivity index (χ4n) is 2.40. The van der Waals surface area contributed by atoms with Gasteiger partial charge in [0.15, 0.2) is 0 Å². The minimum absolute atomic E-state index is 0.0998. The van der Waals surface area contributed by atoms with Crippen molar-refractivity contribution >= 4 is 23.1 Å². The van der Waals surface area contributed by atoms with Gasteiger partial charge in [-0.1, -0.05) is 19.1 Å². The van der Waals surface area contributed by atoms with Gasteiger partial charge < -0.3 is 15.5 Å². The third-order valence-electron chi connectivity index (χ3n) is 3.38. The quantitative estimate of drug-likeness (QED) is 0.762. The summed E-state index contributed by atoms with van der Waals surface area (Å²) in [5, 5.41) is 0. The van der Waals surface area contributed by atoms with Crippen LogP contribution in [0.4, 0.5) is 0 Å². The summed E-state index contributed by atoms with van der Waals surface area (Å²) in [6, 6.07) is 0.235. The van der Waals surface area contributed by atoms with Gasteiger partial charge in [0.25, 0.3) is 0 Å². The van der Waals surface area contributed by atoms with Gasteiger partial charge in [0, 0.05) is 19.1 Å². The molecule has 1 aliphatic rings. The monoisotopic (exact) mass is 257 g/mol. The molecule has 2 unspecified atom stereocenters. The number of nitrogens with two attached hydrogens (primary N) is 1. The summed E-state index contributed by atoms with van der Waals surface area (Å²) in [6.45, 7) is 6.81. The number of nitrogens with zero attached hydrogens (tertiary/aromatic N) is 2. The molecule has 0 aliphatic carbocycles. The third kappa shape index (κ3) is 3.64. The first-order valence-electron chi connectivity index (χ1n) is 6.25. The number of rotatable bonds is 3. The molecule has 4 nitrogen and oxygen atoms in total. The Kier molecular flexibility index (Phi) is 5.33. The van der Waals surface area contributed by atoms with Gasteiger partial charge in [0.1, 0.15) is 0 Å². The summed E-state index contributed by atoms with van der Waals surface area (Å²) in [5.41, 5.74) is 5.64. The molecule has 0 aromatic carbocycles. The predicted molar refractivity (Wildman–Crippen MR) is 73.9 cm³/mol. The molecule has 0 saturated carbocycles. The van der Waals surface area contributed by atoms with Crippen LogP contribution in [0, 0.1) is 5.92 Å². The van der Waals surface area contributed by atoms with E-state index in [1.807, 2.05) is 11.8 Å². The molecule has 0 aromatic heterocycles. The fraction of sp³-hybridized carbons (Fsp3) is 0.833. The smallest absolute Gasteiger partial charge is 0.232 e. The predicted octanol–water partition coefficient (Wildman–Crippen LogP) is 0.851. The summed E-state index contributed by atoms with van der Waals surface area (Å²) in [5.74, 6) is -0.196. The van der Waals surface area contributed by atoms with E-state index < -0.39 is 0 Å². The van der Waals surface area contributed by atoms with Crippen molar-refractivity contribution in [2.45, 2.75) is 32.7 Å². The van der Waals surface area contributed by atoms with Crippen LogP contribution in [0.5, 0.6) is 0 Å². The lowest BCUT2D eigenvalue weighted by molar-refractivity contribution is -0.135. The maximum Gasteiger partial charge on any atom is 0.232 e. The van der Waals surface area contributed by atoms with Crippen LogP contribution >= 0.6 is 12.2 Å². The van der Waals surface area contributed by atoms with E-state index in [-0.39, 0.29) is 17.9 Å². The molecule has 1 saturated heterocycles. The number of carbonyl (C=O) groups is 1. The highest BCUT2D eigenvalue weighted by molar-refractivity contribution is 7.80. The largest absolute Gasteiger partial charge is 0.393 e. The van der Waals surface area contributed by atoms with Crippen molar-refractivity contribution < 1.29 is 4.79 Å². The molecule has 5 heteroatoms. The molecule has 2 atom stereocenters. The Morgan fingerprint density at radius 2 is 2.18 bits per heavy atom. The van der Waals surface area contributed by atoms with E-state index in [1.54, 1.807) is 0 Å². The summed E-state index contributed by atoms with van der Waals surface area (Å²) in [7, 11) is 2.09. The van der Waals surface area contributed by atoms with Crippen LogP contribution in [0.2, 0.25) is 0 Å². The summed E-state index contributed by atoms with van der Waals surface area (Å²) in [6.07, 6.45) is 1.70. The van der Waals surface area contributed by atoms with Gasteiger partial charge in [-0.3, -0.25) is 4.79 Å². The van der Waals surface area contributed by atoms with Crippen molar-refractivity contribution in [1.29, 1.82) is 0 Å². The highest BCUT2D eigenvalue weighted by atomic mass is 32.1. The Morgan fingerprint density at radius 3 is 2.71 bits per heavy atom. The number of likely N-dealkylation sites (N-methyl/N-ethyl adjacent to an activating group) is 1. The molecule has 1 fully saturated rings. The van der Waals surface area contributed by atoms with Crippen molar-refractivity contribution in [3.05, 3.63) is 0 Å². The van der Waals surface area contributed by atoms with Crippen molar-refractivity contribution in [3.63, 3.8) is 0 Å². The lowest BCUT2D eigenvalue weighted by Crippen LogP contribution is -2.47. The topological polar surface area (TPSA) is 49.6 Å². The molecule has 1 aliphatic heterocycles.